The van der Waals surface area contributed by atoms with Crippen LogP contribution in [0, 0.1) is 0 Å². The summed E-state index contributed by atoms with van der Waals surface area (Å²) in [6.45, 7) is 11.5. The van der Waals surface area contributed by atoms with E-state index in [0.717, 1.165) is 104 Å². The molecular weight excluding hydrogens is 969 g/mol. The third-order valence-electron chi connectivity index (χ3n) is 14.8. The van der Waals surface area contributed by atoms with Crippen LogP contribution in [0.3, 0.4) is 0 Å². The monoisotopic (exact) mass is 1030 g/mol. The van der Waals surface area contributed by atoms with E-state index in [1.165, 1.54) is 0 Å². The first-order valence-electron chi connectivity index (χ1n) is 26.6. The number of nitrogens with zero attached hydrogens (tertiary/aromatic N) is 9. The number of imidazole rings is 3. The van der Waals surface area contributed by atoms with E-state index >= 15 is 0 Å². The van der Waals surface area contributed by atoms with E-state index < -0.39 is 6.23 Å². The van der Waals surface area contributed by atoms with E-state index in [1.807, 2.05) is 101 Å². The fourth-order valence-electron chi connectivity index (χ4n) is 11.0. The summed E-state index contributed by atoms with van der Waals surface area (Å²) >= 11 is 0. The molecule has 76 heavy (non-hydrogen) atoms. The molecule has 4 atom stereocenters. The van der Waals surface area contributed by atoms with Gasteiger partial charge >= 0.3 is 0 Å². The highest BCUT2D eigenvalue weighted by Crippen LogP contribution is 2.41. The van der Waals surface area contributed by atoms with Crippen LogP contribution in [0.2, 0.25) is 0 Å². The minimum atomic E-state index is -0.419. The number of benzene rings is 3. The number of aryl methyl sites for hydroxylation is 3. The normalized spacial score (nSPS) is 19.3. The first-order chi connectivity index (χ1) is 37.2. The van der Waals surface area contributed by atoms with Crippen LogP contribution in [-0.2, 0) is 59.9 Å². The highest BCUT2D eigenvalue weighted by molar-refractivity contribution is 6.12. The second-order valence-electron chi connectivity index (χ2n) is 19.7. The summed E-state index contributed by atoms with van der Waals surface area (Å²) < 4.78 is 50.6. The molecule has 3 aromatic carbocycles. The quantitative estimate of drug-likeness (QED) is 0.0544. The van der Waals surface area contributed by atoms with Crippen molar-refractivity contribution in [3.05, 3.63) is 72.1 Å². The van der Waals surface area contributed by atoms with E-state index in [9.17, 15) is 0 Å². The van der Waals surface area contributed by atoms with Gasteiger partial charge in [0.15, 0.2) is 17.5 Å². The lowest BCUT2D eigenvalue weighted by Crippen LogP contribution is -2.34. The van der Waals surface area contributed by atoms with Crippen LogP contribution in [0.25, 0.3) is 65.8 Å². The molecule has 3 fully saturated rings. The van der Waals surface area contributed by atoms with Crippen LogP contribution in [0.1, 0.15) is 63.9 Å². The van der Waals surface area contributed by atoms with Crippen molar-refractivity contribution in [1.29, 1.82) is 0 Å². The van der Waals surface area contributed by atoms with Gasteiger partial charge in [-0.1, -0.05) is 18.2 Å². The summed E-state index contributed by atoms with van der Waals surface area (Å²) in [7, 11) is 6.02. The Kier molecular flexibility index (Phi) is 13.8. The molecule has 398 valence electrons. The van der Waals surface area contributed by atoms with Crippen molar-refractivity contribution in [2.45, 2.75) is 97.0 Å². The molecule has 0 spiro atoms. The molecule has 12 rings (SSSR count). The maximum Gasteiger partial charge on any atom is 0.156 e. The number of hydrogen-bond donors (Lipinski definition) is 5. The van der Waals surface area contributed by atoms with Gasteiger partial charge in [0.25, 0.3) is 0 Å². The minimum Gasteiger partial charge on any atom is -0.490 e. The molecular formula is C55H66N14O7. The van der Waals surface area contributed by atoms with Crippen LogP contribution < -0.4 is 41.2 Å². The van der Waals surface area contributed by atoms with Crippen molar-refractivity contribution in [3.63, 3.8) is 0 Å². The molecule has 6 N–H and O–H groups in total. The number of nitrogens with two attached hydrogens (primary N) is 1. The topological polar surface area (TPSA) is 231 Å². The smallest absolute Gasteiger partial charge is 0.156 e. The van der Waals surface area contributed by atoms with Crippen molar-refractivity contribution in [2.24, 2.45) is 21.1 Å². The van der Waals surface area contributed by atoms with Gasteiger partial charge in [-0.2, -0.15) is 0 Å². The molecule has 0 bridgehead atoms. The predicted octanol–water partition coefficient (Wildman–Crippen LogP) is 7.10. The van der Waals surface area contributed by atoms with E-state index in [0.29, 0.717) is 106 Å². The minimum absolute atomic E-state index is 0.127. The SMILES string of the molecule is CCOCc1nc2c(N)nc3cccc(OC4COC(Nc5nc6cccc(OC7CNC(Nc8nc9cccc(OC%10CCNCC%10)c9c9c8nc(COCC)n9C)C7)c6c6c5nc(COCC)n6C)C4)c3c2n1C. The number of nitrogen functional groups attached to an aromatic ring is 1. The molecule has 0 amide bonds. The second-order valence-corrected chi connectivity index (χ2v) is 19.7. The van der Waals surface area contributed by atoms with Gasteiger partial charge in [0.1, 0.15) is 95.6 Å². The number of ether oxygens (including phenoxy) is 7. The summed E-state index contributed by atoms with van der Waals surface area (Å²) in [6.07, 6.45) is 2.18. The van der Waals surface area contributed by atoms with Crippen LogP contribution >= 0.6 is 0 Å². The Hall–Kier alpha value is -7.14. The summed E-state index contributed by atoms with van der Waals surface area (Å²) in [4.78, 5) is 30.2. The van der Waals surface area contributed by atoms with E-state index in [1.54, 1.807) is 0 Å². The lowest BCUT2D eigenvalue weighted by Gasteiger charge is -2.25. The van der Waals surface area contributed by atoms with Gasteiger partial charge in [-0.05, 0) is 83.1 Å². The fraction of sp³-hybridized carbons (Fsp3) is 0.455. The zero-order valence-electron chi connectivity index (χ0n) is 43.9. The van der Waals surface area contributed by atoms with Crippen molar-refractivity contribution in [3.8, 4) is 17.2 Å². The Balaban J connectivity index is 0.800. The molecule has 3 saturated heterocycles. The molecule has 3 aliphatic heterocycles. The van der Waals surface area contributed by atoms with Crippen molar-refractivity contribution in [1.82, 2.24) is 54.2 Å². The van der Waals surface area contributed by atoms with E-state index in [-0.39, 0.29) is 24.5 Å². The highest BCUT2D eigenvalue weighted by atomic mass is 16.6. The first-order valence-corrected chi connectivity index (χ1v) is 26.6. The second kappa shape index (κ2) is 21.1. The summed E-state index contributed by atoms with van der Waals surface area (Å²) in [5, 5.41) is 17.1. The van der Waals surface area contributed by atoms with Crippen LogP contribution in [0.4, 0.5) is 17.5 Å². The van der Waals surface area contributed by atoms with E-state index in [2.05, 4.69) is 30.4 Å². The van der Waals surface area contributed by atoms with Crippen LogP contribution in [0.5, 0.6) is 17.2 Å². The first kappa shape index (κ1) is 49.7. The Bertz CT molecular complexity index is 3610. The predicted molar refractivity (Wildman–Crippen MR) is 292 cm³/mol. The Labute approximate surface area is 439 Å². The number of pyridine rings is 3. The number of aromatic nitrogens is 9. The Morgan fingerprint density at radius 1 is 0.579 bits per heavy atom. The maximum atomic E-state index is 6.98. The molecule has 9 heterocycles. The molecule has 9 aromatic rings. The molecule has 21 nitrogen and oxygen atoms in total. The lowest BCUT2D eigenvalue weighted by atomic mass is 10.1. The van der Waals surface area contributed by atoms with Crippen LogP contribution in [0.15, 0.2) is 54.6 Å². The molecule has 3 aliphatic rings. The molecule has 0 radical (unpaired) electrons. The largest absolute Gasteiger partial charge is 0.490 e. The zero-order valence-corrected chi connectivity index (χ0v) is 43.9. The number of nitrogens with one attached hydrogen (secondary N) is 4. The molecule has 0 saturated carbocycles. The number of hydrogen-bond acceptors (Lipinski definition) is 18. The van der Waals surface area contributed by atoms with Gasteiger partial charge in [0.05, 0.1) is 62.0 Å². The summed E-state index contributed by atoms with van der Waals surface area (Å²) in [5.41, 5.74) is 13.5. The Morgan fingerprint density at radius 3 is 1.59 bits per heavy atom. The molecule has 21 heteroatoms. The van der Waals surface area contributed by atoms with Gasteiger partial charge in [-0.15, -0.1) is 0 Å². The molecule has 6 aromatic heterocycles. The Morgan fingerprint density at radius 2 is 1.05 bits per heavy atom. The van der Waals surface area contributed by atoms with Gasteiger partial charge in [0, 0.05) is 60.4 Å². The number of rotatable bonds is 19. The average Bonchev–Trinajstić information content (AvgIpc) is 4.39. The molecule has 4 unspecified atom stereocenters. The fourth-order valence-corrected chi connectivity index (χ4v) is 11.0. The highest BCUT2D eigenvalue weighted by Gasteiger charge is 2.33. The summed E-state index contributed by atoms with van der Waals surface area (Å²) in [5.74, 6) is 6.18. The van der Waals surface area contributed by atoms with Gasteiger partial charge in [0.2, 0.25) is 0 Å². The third kappa shape index (κ3) is 9.27. The van der Waals surface area contributed by atoms with Crippen LogP contribution in [-0.4, -0.2) is 120 Å². The number of anilines is 3. The van der Waals surface area contributed by atoms with Gasteiger partial charge < -0.3 is 68.5 Å². The van der Waals surface area contributed by atoms with Gasteiger partial charge in [-0.25, -0.2) is 29.9 Å². The average molecular weight is 1040 g/mol. The summed E-state index contributed by atoms with van der Waals surface area (Å²) in [6, 6.07) is 17.9. The number of piperidine rings is 1. The third-order valence-corrected chi connectivity index (χ3v) is 14.8. The lowest BCUT2D eigenvalue weighted by molar-refractivity contribution is 0.108. The number of fused-ring (bicyclic) bond motifs is 9. The van der Waals surface area contributed by atoms with E-state index in [4.69, 9.17) is 68.8 Å². The molecule has 0 aliphatic carbocycles. The maximum absolute atomic E-state index is 6.98. The van der Waals surface area contributed by atoms with Crippen molar-refractivity contribution >= 4 is 83.3 Å². The van der Waals surface area contributed by atoms with Gasteiger partial charge in [-0.3, -0.25) is 5.32 Å². The van der Waals surface area contributed by atoms with Crippen molar-refractivity contribution in [2.75, 3.05) is 62.4 Å². The standard InChI is InChI=1S/C55H66N14O7/c1-7-70-27-40-63-47-50(67(40)4)44-33(59-53(47)56)13-10-18-38(44)76-32-24-43(73-26-32)66-55-49-52(69(6)42(65-49)29-72-9-3)46-35(61-55)15-12-17-37(46)75-31-23-39(58-25-31)62-54-48-51(68(5)41(64-48)28-71-8-2)45-34(60-54)14-11-16-36(45)74-30-19-21-57-22-20-30/h10-18,30-32,39,43,57-58H,7-9,19-29H2,1-6H3,(H2,56,59)(H,60,62)(H,61,66). The van der Waals surface area contributed by atoms with Crippen molar-refractivity contribution < 1.29 is 33.2 Å². The zero-order chi connectivity index (χ0) is 52.0.